The number of rotatable bonds is 8. The minimum Gasteiger partial charge on any atom is -0.493 e. The molecule has 37 heavy (non-hydrogen) atoms. The third-order valence-electron chi connectivity index (χ3n) is 5.67. The second-order valence-electron chi connectivity index (χ2n) is 8.16. The van der Waals surface area contributed by atoms with Gasteiger partial charge in [0.1, 0.15) is 11.1 Å². The molecule has 1 unspecified atom stereocenters. The van der Waals surface area contributed by atoms with Crippen molar-refractivity contribution in [1.29, 1.82) is 0 Å². The Labute approximate surface area is 223 Å². The maximum absolute atomic E-state index is 13.2. The van der Waals surface area contributed by atoms with E-state index in [9.17, 15) is 14.0 Å². The molecule has 0 radical (unpaired) electrons. The number of amidine groups is 1. The summed E-state index contributed by atoms with van der Waals surface area (Å²) in [6.07, 6.45) is 0.544. The van der Waals surface area contributed by atoms with Gasteiger partial charge in [-0.2, -0.15) is 0 Å². The van der Waals surface area contributed by atoms with E-state index in [1.807, 2.05) is 18.2 Å². The summed E-state index contributed by atoms with van der Waals surface area (Å²) < 4.78 is 23.9. The van der Waals surface area contributed by atoms with E-state index < -0.39 is 11.1 Å². The van der Waals surface area contributed by atoms with Gasteiger partial charge in [0.05, 0.1) is 19.9 Å². The second kappa shape index (κ2) is 12.1. The van der Waals surface area contributed by atoms with E-state index in [0.717, 1.165) is 5.56 Å². The molecule has 1 N–H and O–H groups in total. The Morgan fingerprint density at radius 1 is 1.08 bits per heavy atom. The van der Waals surface area contributed by atoms with Crippen molar-refractivity contribution in [1.82, 2.24) is 4.90 Å². The first kappa shape index (κ1) is 26.5. The molecule has 1 atom stereocenters. The van der Waals surface area contributed by atoms with Crippen molar-refractivity contribution >= 4 is 51.7 Å². The number of amides is 2. The van der Waals surface area contributed by atoms with Gasteiger partial charge in [-0.05, 0) is 72.6 Å². The highest BCUT2D eigenvalue weighted by molar-refractivity contribution is 8.15. The van der Waals surface area contributed by atoms with Crippen LogP contribution in [-0.2, 0) is 16.0 Å². The number of methoxy groups -OCH3 is 2. The van der Waals surface area contributed by atoms with Gasteiger partial charge in [-0.25, -0.2) is 9.38 Å². The van der Waals surface area contributed by atoms with Gasteiger partial charge in [0, 0.05) is 23.7 Å². The summed E-state index contributed by atoms with van der Waals surface area (Å²) in [5.74, 6) is 0.255. The molecule has 192 valence electrons. The van der Waals surface area contributed by atoms with Crippen LogP contribution in [0.3, 0.4) is 0 Å². The van der Waals surface area contributed by atoms with Gasteiger partial charge in [0.15, 0.2) is 16.7 Å². The van der Waals surface area contributed by atoms with E-state index in [1.165, 1.54) is 36.0 Å². The summed E-state index contributed by atoms with van der Waals surface area (Å²) in [4.78, 5) is 32.5. The van der Waals surface area contributed by atoms with Crippen LogP contribution in [-0.4, -0.2) is 47.9 Å². The quantitative estimate of drug-likeness (QED) is 0.396. The monoisotopic (exact) mass is 541 g/mol. The molecule has 3 aromatic carbocycles. The van der Waals surface area contributed by atoms with Gasteiger partial charge in [0.25, 0.3) is 0 Å². The normalized spacial score (nSPS) is 16.5. The smallest absolute Gasteiger partial charge is 0.238 e. The van der Waals surface area contributed by atoms with E-state index in [-0.39, 0.29) is 18.2 Å². The average molecular weight is 542 g/mol. The Hall–Kier alpha value is -3.56. The lowest BCUT2D eigenvalue weighted by atomic mass is 10.1. The zero-order valence-electron chi connectivity index (χ0n) is 20.2. The molecule has 2 amide bonds. The number of nitrogens with one attached hydrogen (secondary N) is 1. The Bertz CT molecular complexity index is 1300. The number of aliphatic imine (C=N–C) groups is 1. The zero-order chi connectivity index (χ0) is 26.4. The highest BCUT2D eigenvalue weighted by atomic mass is 35.5. The van der Waals surface area contributed by atoms with Crippen LogP contribution in [0.2, 0.25) is 5.02 Å². The van der Waals surface area contributed by atoms with E-state index in [1.54, 1.807) is 43.4 Å². The summed E-state index contributed by atoms with van der Waals surface area (Å²) >= 11 is 7.22. The molecular weight excluding hydrogens is 517 g/mol. The summed E-state index contributed by atoms with van der Waals surface area (Å²) in [6, 6.07) is 18.0. The molecule has 3 aromatic rings. The van der Waals surface area contributed by atoms with Crippen LogP contribution in [0.15, 0.2) is 71.7 Å². The fourth-order valence-corrected chi connectivity index (χ4v) is 4.97. The Morgan fingerprint density at radius 2 is 1.78 bits per heavy atom. The maximum Gasteiger partial charge on any atom is 0.238 e. The van der Waals surface area contributed by atoms with Crippen LogP contribution in [0.25, 0.3) is 0 Å². The molecule has 0 bridgehead atoms. The number of halogens is 2. The third-order valence-corrected chi connectivity index (χ3v) is 7.11. The van der Waals surface area contributed by atoms with Crippen LogP contribution < -0.4 is 14.8 Å². The molecule has 0 spiro atoms. The lowest BCUT2D eigenvalue weighted by Gasteiger charge is -2.32. The number of hydrogen-bond acceptors (Lipinski definition) is 6. The summed E-state index contributed by atoms with van der Waals surface area (Å²) in [5.41, 5.74) is 2.01. The minimum absolute atomic E-state index is 0.00324. The Morgan fingerprint density at radius 3 is 2.46 bits per heavy atom. The number of ether oxygens (including phenoxy) is 2. The first-order valence-corrected chi connectivity index (χ1v) is 12.7. The topological polar surface area (TPSA) is 80.2 Å². The van der Waals surface area contributed by atoms with Crippen LogP contribution in [0.4, 0.5) is 15.8 Å². The summed E-state index contributed by atoms with van der Waals surface area (Å²) in [5, 5.41) is 3.04. The fraction of sp³-hybridized carbons (Fsp3) is 0.222. The van der Waals surface area contributed by atoms with Crippen LogP contribution in [0.5, 0.6) is 11.5 Å². The minimum atomic E-state index is -0.694. The molecule has 1 heterocycles. The van der Waals surface area contributed by atoms with Crippen molar-refractivity contribution in [2.24, 2.45) is 4.99 Å². The Balaban J connectivity index is 1.55. The van der Waals surface area contributed by atoms with Gasteiger partial charge >= 0.3 is 0 Å². The molecule has 0 aliphatic carbocycles. The van der Waals surface area contributed by atoms with E-state index in [4.69, 9.17) is 21.1 Å². The van der Waals surface area contributed by atoms with E-state index in [0.29, 0.717) is 46.0 Å². The van der Waals surface area contributed by atoms with Crippen LogP contribution in [0, 0.1) is 5.82 Å². The Kier molecular flexibility index (Phi) is 8.68. The van der Waals surface area contributed by atoms with Crippen molar-refractivity contribution in [2.45, 2.75) is 18.1 Å². The number of hydrogen-bond donors (Lipinski definition) is 1. The van der Waals surface area contributed by atoms with Crippen molar-refractivity contribution in [3.05, 3.63) is 83.1 Å². The fourth-order valence-electron chi connectivity index (χ4n) is 3.72. The lowest BCUT2D eigenvalue weighted by molar-refractivity contribution is -0.129. The van der Waals surface area contributed by atoms with Crippen LogP contribution >= 0.6 is 23.4 Å². The zero-order valence-corrected chi connectivity index (χ0v) is 21.8. The number of anilines is 1. The highest BCUT2D eigenvalue weighted by Crippen LogP contribution is 2.32. The summed E-state index contributed by atoms with van der Waals surface area (Å²) in [7, 11) is 3.14. The van der Waals surface area contributed by atoms with Crippen LogP contribution in [0.1, 0.15) is 12.0 Å². The number of nitrogens with zero attached hydrogens (tertiary/aromatic N) is 2. The first-order valence-electron chi connectivity index (χ1n) is 11.4. The molecule has 1 aliphatic rings. The molecule has 1 aliphatic heterocycles. The summed E-state index contributed by atoms with van der Waals surface area (Å²) in [6.45, 7) is 0.361. The van der Waals surface area contributed by atoms with Gasteiger partial charge in [-0.15, -0.1) is 0 Å². The van der Waals surface area contributed by atoms with Crippen molar-refractivity contribution in [3.8, 4) is 11.5 Å². The van der Waals surface area contributed by atoms with Gasteiger partial charge < -0.3 is 14.8 Å². The third kappa shape index (κ3) is 6.81. The molecular formula is C27H25ClFN3O4S. The van der Waals surface area contributed by atoms with Crippen molar-refractivity contribution in [2.75, 3.05) is 26.1 Å². The molecule has 4 rings (SSSR count). The van der Waals surface area contributed by atoms with E-state index in [2.05, 4.69) is 10.3 Å². The predicted molar refractivity (Wildman–Crippen MR) is 145 cm³/mol. The van der Waals surface area contributed by atoms with Gasteiger partial charge in [-0.3, -0.25) is 14.5 Å². The molecule has 1 saturated heterocycles. The standard InChI is InChI=1S/C27H25ClFN3O4S/c1-35-22-12-3-17(15-23(22)36-2)13-14-32-25(33)16-24(26(34)30-20-10-6-19(29)7-11-20)37-27(32)31-21-8-4-18(28)5-9-21/h3-12,15,24H,13-14,16H2,1-2H3,(H,30,34). The highest BCUT2D eigenvalue weighted by Gasteiger charge is 2.35. The first-order chi connectivity index (χ1) is 17.9. The number of thioether (sulfide) groups is 1. The van der Waals surface area contributed by atoms with Crippen molar-refractivity contribution < 1.29 is 23.5 Å². The average Bonchev–Trinajstić information content (AvgIpc) is 2.90. The lowest BCUT2D eigenvalue weighted by Crippen LogP contribution is -2.46. The molecule has 0 aromatic heterocycles. The SMILES string of the molecule is COc1ccc(CCN2C(=O)CC(C(=O)Nc3ccc(F)cc3)SC2=Nc2ccc(Cl)cc2)cc1OC. The number of benzene rings is 3. The van der Waals surface area contributed by atoms with Crippen molar-refractivity contribution in [3.63, 3.8) is 0 Å². The number of carbonyl (C=O) groups excluding carboxylic acids is 2. The maximum atomic E-state index is 13.2. The van der Waals surface area contributed by atoms with Gasteiger partial charge in [0.2, 0.25) is 11.8 Å². The molecule has 1 fully saturated rings. The molecule has 0 saturated carbocycles. The molecule has 7 nitrogen and oxygen atoms in total. The van der Waals surface area contributed by atoms with Gasteiger partial charge in [-0.1, -0.05) is 29.4 Å². The van der Waals surface area contributed by atoms with E-state index >= 15 is 0 Å². The largest absolute Gasteiger partial charge is 0.493 e. The second-order valence-corrected chi connectivity index (χ2v) is 9.77. The predicted octanol–water partition coefficient (Wildman–Crippen LogP) is 5.70. The molecule has 10 heteroatoms. The number of carbonyl (C=O) groups is 2.